The normalized spacial score (nSPS) is 9.20. The van der Waals surface area contributed by atoms with Crippen molar-refractivity contribution in [2.24, 2.45) is 0 Å². The number of anilines is 1. The van der Waals surface area contributed by atoms with Crippen molar-refractivity contribution in [3.05, 3.63) is 29.3 Å². The molecule has 0 saturated carbocycles. The zero-order valence-electron chi connectivity index (χ0n) is 8.83. The SMILES string of the molecule is CC(=O)SCC#Cc1cccc(C)c1N. The van der Waals surface area contributed by atoms with E-state index in [9.17, 15) is 4.79 Å². The van der Waals surface area contributed by atoms with Crippen LogP contribution in [0.4, 0.5) is 5.69 Å². The third-order valence-corrected chi connectivity index (χ3v) is 2.59. The fourth-order valence-electron chi connectivity index (χ4n) is 1.06. The van der Waals surface area contributed by atoms with E-state index >= 15 is 0 Å². The lowest BCUT2D eigenvalue weighted by Crippen LogP contribution is -1.93. The van der Waals surface area contributed by atoms with Gasteiger partial charge in [-0.15, -0.1) is 0 Å². The molecule has 0 spiro atoms. The van der Waals surface area contributed by atoms with Crippen molar-refractivity contribution in [3.8, 4) is 11.8 Å². The summed E-state index contributed by atoms with van der Waals surface area (Å²) in [5.41, 5.74) is 8.43. The largest absolute Gasteiger partial charge is 0.398 e. The zero-order valence-corrected chi connectivity index (χ0v) is 9.65. The Kier molecular flexibility index (Phi) is 4.26. The van der Waals surface area contributed by atoms with Gasteiger partial charge in [0, 0.05) is 12.5 Å². The smallest absolute Gasteiger partial charge is 0.186 e. The first kappa shape index (κ1) is 11.7. The van der Waals surface area contributed by atoms with Crippen LogP contribution >= 0.6 is 11.8 Å². The van der Waals surface area contributed by atoms with E-state index < -0.39 is 0 Å². The number of rotatable bonds is 1. The van der Waals surface area contributed by atoms with Gasteiger partial charge in [0.2, 0.25) is 0 Å². The quantitative estimate of drug-likeness (QED) is 0.581. The van der Waals surface area contributed by atoms with E-state index in [-0.39, 0.29) is 5.12 Å². The molecule has 2 N–H and O–H groups in total. The third kappa shape index (κ3) is 3.69. The van der Waals surface area contributed by atoms with Crippen molar-refractivity contribution in [2.75, 3.05) is 11.5 Å². The number of carbonyl (C=O) groups is 1. The highest BCUT2D eigenvalue weighted by Crippen LogP contribution is 2.14. The molecule has 78 valence electrons. The number of nitrogens with two attached hydrogens (primary N) is 1. The molecule has 0 unspecified atom stereocenters. The van der Waals surface area contributed by atoms with Crippen LogP contribution < -0.4 is 5.73 Å². The van der Waals surface area contributed by atoms with Crippen LogP contribution in [0.15, 0.2) is 18.2 Å². The predicted octanol–water partition coefficient (Wildman–Crippen LogP) is 2.21. The minimum atomic E-state index is 0.0847. The highest BCUT2D eigenvalue weighted by atomic mass is 32.2. The Morgan fingerprint density at radius 1 is 1.53 bits per heavy atom. The van der Waals surface area contributed by atoms with Crippen LogP contribution in [0.2, 0.25) is 0 Å². The Bertz CT molecular complexity index is 429. The van der Waals surface area contributed by atoms with Crippen LogP contribution in [-0.2, 0) is 4.79 Å². The second-order valence-corrected chi connectivity index (χ2v) is 4.27. The summed E-state index contributed by atoms with van der Waals surface area (Å²) in [7, 11) is 0. The highest BCUT2D eigenvalue weighted by molar-refractivity contribution is 8.13. The van der Waals surface area contributed by atoms with Crippen LogP contribution in [0.1, 0.15) is 18.1 Å². The van der Waals surface area contributed by atoms with Crippen LogP contribution in [-0.4, -0.2) is 10.9 Å². The maximum absolute atomic E-state index is 10.6. The van der Waals surface area contributed by atoms with Crippen molar-refractivity contribution in [1.82, 2.24) is 0 Å². The summed E-state index contributed by atoms with van der Waals surface area (Å²) in [4.78, 5) is 10.6. The first-order valence-corrected chi connectivity index (χ1v) is 5.57. The summed E-state index contributed by atoms with van der Waals surface area (Å²) in [6.45, 7) is 3.48. The lowest BCUT2D eigenvalue weighted by molar-refractivity contribution is -0.109. The Morgan fingerprint density at radius 3 is 2.93 bits per heavy atom. The average Bonchev–Trinajstić information content (AvgIpc) is 2.18. The number of para-hydroxylation sites is 1. The predicted molar refractivity (Wildman–Crippen MR) is 65.6 cm³/mol. The van der Waals surface area contributed by atoms with Crippen LogP contribution in [0, 0.1) is 18.8 Å². The van der Waals surface area contributed by atoms with Crippen molar-refractivity contribution in [2.45, 2.75) is 13.8 Å². The third-order valence-electron chi connectivity index (χ3n) is 1.89. The Labute approximate surface area is 94.2 Å². The van der Waals surface area contributed by atoms with Gasteiger partial charge in [-0.3, -0.25) is 4.79 Å². The summed E-state index contributed by atoms with van der Waals surface area (Å²) in [6.07, 6.45) is 0. The molecule has 1 aromatic carbocycles. The Balaban J connectivity index is 2.72. The average molecular weight is 219 g/mol. The minimum Gasteiger partial charge on any atom is -0.398 e. The number of benzene rings is 1. The standard InChI is InChI=1S/C12H13NOS/c1-9-5-3-6-11(12(9)13)7-4-8-15-10(2)14/h3,5-6H,8,13H2,1-2H3. The van der Waals surface area contributed by atoms with Gasteiger partial charge in [0.1, 0.15) is 0 Å². The van der Waals surface area contributed by atoms with Crippen molar-refractivity contribution >= 4 is 22.6 Å². The van der Waals surface area contributed by atoms with E-state index in [0.29, 0.717) is 5.75 Å². The van der Waals surface area contributed by atoms with Crippen molar-refractivity contribution < 1.29 is 4.79 Å². The molecular weight excluding hydrogens is 206 g/mol. The highest BCUT2D eigenvalue weighted by Gasteiger charge is 1.97. The number of hydrogen-bond acceptors (Lipinski definition) is 3. The summed E-state index contributed by atoms with van der Waals surface area (Å²) < 4.78 is 0. The maximum atomic E-state index is 10.6. The molecule has 2 nitrogen and oxygen atoms in total. The first-order chi connectivity index (χ1) is 7.11. The second kappa shape index (κ2) is 5.47. The van der Waals surface area contributed by atoms with Gasteiger partial charge in [-0.05, 0) is 18.6 Å². The Morgan fingerprint density at radius 2 is 2.27 bits per heavy atom. The van der Waals surface area contributed by atoms with Crippen LogP contribution in [0.25, 0.3) is 0 Å². The van der Waals surface area contributed by atoms with E-state index in [4.69, 9.17) is 5.73 Å². The molecule has 15 heavy (non-hydrogen) atoms. The lowest BCUT2D eigenvalue weighted by Gasteiger charge is -2.00. The van der Waals surface area contributed by atoms with E-state index in [2.05, 4.69) is 11.8 Å². The van der Waals surface area contributed by atoms with Gasteiger partial charge >= 0.3 is 0 Å². The molecule has 0 amide bonds. The summed E-state index contributed by atoms with van der Waals surface area (Å²) in [6, 6.07) is 5.76. The van der Waals surface area contributed by atoms with Gasteiger partial charge in [-0.25, -0.2) is 0 Å². The fourth-order valence-corrected chi connectivity index (χ4v) is 1.41. The summed E-state index contributed by atoms with van der Waals surface area (Å²) in [5.74, 6) is 6.39. The molecule has 0 heterocycles. The first-order valence-electron chi connectivity index (χ1n) is 4.58. The van der Waals surface area contributed by atoms with E-state index in [0.717, 1.165) is 16.8 Å². The molecule has 1 rings (SSSR count). The lowest BCUT2D eigenvalue weighted by atomic mass is 10.1. The number of aryl methyl sites for hydroxylation is 1. The minimum absolute atomic E-state index is 0.0847. The number of carbonyl (C=O) groups excluding carboxylic acids is 1. The van der Waals surface area contributed by atoms with E-state index in [1.54, 1.807) is 0 Å². The molecule has 0 fully saturated rings. The van der Waals surface area contributed by atoms with Crippen LogP contribution in [0.3, 0.4) is 0 Å². The fraction of sp³-hybridized carbons (Fsp3) is 0.250. The van der Waals surface area contributed by atoms with Gasteiger partial charge in [0.25, 0.3) is 0 Å². The summed E-state index contributed by atoms with van der Waals surface area (Å²) >= 11 is 1.21. The molecule has 0 aliphatic carbocycles. The molecule has 1 aromatic rings. The van der Waals surface area contributed by atoms with Gasteiger partial charge in [0.15, 0.2) is 5.12 Å². The second-order valence-electron chi connectivity index (χ2n) is 3.12. The van der Waals surface area contributed by atoms with Crippen LogP contribution in [0.5, 0.6) is 0 Å². The van der Waals surface area contributed by atoms with Gasteiger partial charge in [0.05, 0.1) is 11.4 Å². The number of thioether (sulfide) groups is 1. The maximum Gasteiger partial charge on any atom is 0.186 e. The number of hydrogen-bond donors (Lipinski definition) is 1. The molecule has 0 atom stereocenters. The molecule has 0 aliphatic rings. The molecular formula is C12H13NOS. The zero-order chi connectivity index (χ0) is 11.3. The molecule has 0 saturated heterocycles. The summed E-state index contributed by atoms with van der Waals surface area (Å²) in [5, 5.41) is 0.0847. The molecule has 0 radical (unpaired) electrons. The van der Waals surface area contributed by atoms with Crippen molar-refractivity contribution in [3.63, 3.8) is 0 Å². The monoisotopic (exact) mass is 219 g/mol. The molecule has 0 aliphatic heterocycles. The van der Waals surface area contributed by atoms with Gasteiger partial charge in [-0.1, -0.05) is 35.7 Å². The van der Waals surface area contributed by atoms with Gasteiger partial charge in [-0.2, -0.15) is 0 Å². The molecule has 3 heteroatoms. The molecule has 0 bridgehead atoms. The van der Waals surface area contributed by atoms with E-state index in [1.165, 1.54) is 18.7 Å². The number of nitrogen functional groups attached to an aromatic ring is 1. The van der Waals surface area contributed by atoms with Crippen molar-refractivity contribution in [1.29, 1.82) is 0 Å². The topological polar surface area (TPSA) is 43.1 Å². The Hall–Kier alpha value is -1.40. The molecule has 0 aromatic heterocycles. The van der Waals surface area contributed by atoms with E-state index in [1.807, 2.05) is 25.1 Å². The van der Waals surface area contributed by atoms with Gasteiger partial charge < -0.3 is 5.73 Å².